The predicted molar refractivity (Wildman–Crippen MR) is 122 cm³/mol. The molecule has 0 spiro atoms. The minimum atomic E-state index is -0.264. The Bertz CT molecular complexity index is 894. The highest BCUT2D eigenvalue weighted by atomic mass is 32.2. The van der Waals surface area contributed by atoms with Gasteiger partial charge in [-0.05, 0) is 55.8 Å². The Morgan fingerprint density at radius 1 is 1.16 bits per heavy atom. The molecule has 1 aliphatic rings. The zero-order valence-corrected chi connectivity index (χ0v) is 18.6. The van der Waals surface area contributed by atoms with Crippen molar-refractivity contribution in [1.29, 1.82) is 0 Å². The van der Waals surface area contributed by atoms with Gasteiger partial charge >= 0.3 is 0 Å². The van der Waals surface area contributed by atoms with Crippen molar-refractivity contribution in [3.63, 3.8) is 0 Å². The highest BCUT2D eigenvalue weighted by Crippen LogP contribution is 2.23. The number of hydrogen-bond acceptors (Lipinski definition) is 6. The van der Waals surface area contributed by atoms with E-state index >= 15 is 0 Å². The first kappa shape index (κ1) is 22.8. The van der Waals surface area contributed by atoms with Gasteiger partial charge in [0.1, 0.15) is 5.75 Å². The molecule has 2 amide bonds. The van der Waals surface area contributed by atoms with Gasteiger partial charge in [0.2, 0.25) is 0 Å². The summed E-state index contributed by atoms with van der Waals surface area (Å²) in [5, 5.41) is 3.77. The normalized spacial score (nSPS) is 15.0. The number of hydrogen-bond donors (Lipinski definition) is 1. The molecule has 0 bridgehead atoms. The van der Waals surface area contributed by atoms with E-state index in [0.717, 1.165) is 10.5 Å². The molecule has 0 saturated carbocycles. The first-order valence-electron chi connectivity index (χ1n) is 10.2. The second-order valence-electron chi connectivity index (χ2n) is 7.16. The standard InChI is InChI=1S/C23H27N3O4S/c1-17-3-9-21(10-4-17)31-18(2)23(28)25-24-15-19-5-7-20(8-6-19)30-16-22(27)26-11-13-29-14-12-26/h3-10,15,18H,11-14,16H2,1-2H3,(H,25,28)/b24-15-/t18-/m1/s1. The first-order valence-corrected chi connectivity index (χ1v) is 11.0. The van der Waals surface area contributed by atoms with Gasteiger partial charge in [-0.25, -0.2) is 5.43 Å². The summed E-state index contributed by atoms with van der Waals surface area (Å²) in [5.41, 5.74) is 4.57. The van der Waals surface area contributed by atoms with Crippen molar-refractivity contribution in [2.24, 2.45) is 5.10 Å². The molecule has 1 fully saturated rings. The molecule has 0 aromatic heterocycles. The van der Waals surface area contributed by atoms with Crippen molar-refractivity contribution in [2.45, 2.75) is 24.0 Å². The molecule has 8 heteroatoms. The number of rotatable bonds is 8. The summed E-state index contributed by atoms with van der Waals surface area (Å²) < 4.78 is 10.8. The van der Waals surface area contributed by atoms with Gasteiger partial charge in [0, 0.05) is 18.0 Å². The van der Waals surface area contributed by atoms with Crippen LogP contribution in [-0.2, 0) is 14.3 Å². The van der Waals surface area contributed by atoms with Crippen molar-refractivity contribution in [3.8, 4) is 5.75 Å². The molecule has 1 saturated heterocycles. The SMILES string of the molecule is Cc1ccc(S[C@H](C)C(=O)N/N=C\c2ccc(OCC(=O)N3CCOCC3)cc2)cc1. The van der Waals surface area contributed by atoms with Crippen LogP contribution in [0.5, 0.6) is 5.75 Å². The Hall–Kier alpha value is -2.84. The molecule has 0 radical (unpaired) electrons. The van der Waals surface area contributed by atoms with Crippen LogP contribution in [0.25, 0.3) is 0 Å². The minimum Gasteiger partial charge on any atom is -0.484 e. The van der Waals surface area contributed by atoms with Crippen LogP contribution in [0, 0.1) is 6.92 Å². The van der Waals surface area contributed by atoms with Gasteiger partial charge in [-0.2, -0.15) is 5.10 Å². The smallest absolute Gasteiger partial charge is 0.260 e. The Morgan fingerprint density at radius 3 is 2.52 bits per heavy atom. The number of carbonyl (C=O) groups is 2. The summed E-state index contributed by atoms with van der Waals surface area (Å²) in [6.07, 6.45) is 1.57. The number of thioether (sulfide) groups is 1. The number of amides is 2. The number of nitrogens with one attached hydrogen (secondary N) is 1. The van der Waals surface area contributed by atoms with Gasteiger partial charge in [-0.3, -0.25) is 9.59 Å². The topological polar surface area (TPSA) is 80.2 Å². The Balaban J connectivity index is 1.41. The number of morpholine rings is 1. The summed E-state index contributed by atoms with van der Waals surface area (Å²) in [5.74, 6) is 0.392. The number of carbonyl (C=O) groups excluding carboxylic acids is 2. The molecule has 7 nitrogen and oxygen atoms in total. The molecule has 31 heavy (non-hydrogen) atoms. The lowest BCUT2D eigenvalue weighted by Crippen LogP contribution is -2.42. The summed E-state index contributed by atoms with van der Waals surface area (Å²) in [4.78, 5) is 27.1. The van der Waals surface area contributed by atoms with Gasteiger partial charge in [0.05, 0.1) is 24.7 Å². The number of nitrogens with zero attached hydrogens (tertiary/aromatic N) is 2. The van der Waals surface area contributed by atoms with E-state index < -0.39 is 0 Å². The maximum atomic E-state index is 12.2. The molecule has 0 aliphatic carbocycles. The van der Waals surface area contributed by atoms with E-state index in [0.29, 0.717) is 32.1 Å². The van der Waals surface area contributed by atoms with Gasteiger partial charge in [-0.1, -0.05) is 17.7 Å². The van der Waals surface area contributed by atoms with Crippen molar-refractivity contribution < 1.29 is 19.1 Å². The van der Waals surface area contributed by atoms with E-state index in [1.54, 1.807) is 23.2 Å². The summed E-state index contributed by atoms with van der Waals surface area (Å²) in [6.45, 7) is 6.22. The summed E-state index contributed by atoms with van der Waals surface area (Å²) in [6, 6.07) is 15.2. The molecule has 1 atom stereocenters. The van der Waals surface area contributed by atoms with Crippen LogP contribution in [0.3, 0.4) is 0 Å². The number of aryl methyl sites for hydroxylation is 1. The highest BCUT2D eigenvalue weighted by molar-refractivity contribution is 8.00. The second-order valence-corrected chi connectivity index (χ2v) is 8.57. The van der Waals surface area contributed by atoms with Crippen LogP contribution < -0.4 is 10.2 Å². The quantitative estimate of drug-likeness (QED) is 0.387. The monoisotopic (exact) mass is 441 g/mol. The third kappa shape index (κ3) is 7.41. The third-order valence-electron chi connectivity index (χ3n) is 4.70. The average Bonchev–Trinajstić information content (AvgIpc) is 2.80. The lowest BCUT2D eigenvalue weighted by molar-refractivity contribution is -0.137. The molecular weight excluding hydrogens is 414 g/mol. The zero-order chi connectivity index (χ0) is 22.1. The van der Waals surface area contributed by atoms with Crippen molar-refractivity contribution in [1.82, 2.24) is 10.3 Å². The van der Waals surface area contributed by atoms with E-state index in [1.165, 1.54) is 17.3 Å². The van der Waals surface area contributed by atoms with Crippen LogP contribution in [0.4, 0.5) is 0 Å². The fourth-order valence-electron chi connectivity index (χ4n) is 2.84. The second kappa shape index (κ2) is 11.5. The highest BCUT2D eigenvalue weighted by Gasteiger charge is 2.17. The van der Waals surface area contributed by atoms with Gasteiger partial charge in [-0.15, -0.1) is 11.8 Å². The fraction of sp³-hybridized carbons (Fsp3) is 0.348. The molecule has 0 unspecified atom stereocenters. The van der Waals surface area contributed by atoms with Gasteiger partial charge < -0.3 is 14.4 Å². The van der Waals surface area contributed by atoms with Crippen LogP contribution >= 0.6 is 11.8 Å². The van der Waals surface area contributed by atoms with Crippen LogP contribution in [0.2, 0.25) is 0 Å². The van der Waals surface area contributed by atoms with Crippen molar-refractivity contribution >= 4 is 29.8 Å². The van der Waals surface area contributed by atoms with E-state index in [-0.39, 0.29) is 23.7 Å². The van der Waals surface area contributed by atoms with Crippen molar-refractivity contribution in [2.75, 3.05) is 32.9 Å². The molecule has 1 heterocycles. The lowest BCUT2D eigenvalue weighted by atomic mass is 10.2. The van der Waals surface area contributed by atoms with Gasteiger partial charge in [0.25, 0.3) is 11.8 Å². The van der Waals surface area contributed by atoms with E-state index in [1.807, 2.05) is 50.2 Å². The largest absolute Gasteiger partial charge is 0.484 e. The molecular formula is C23H27N3O4S. The van der Waals surface area contributed by atoms with E-state index in [9.17, 15) is 9.59 Å². The van der Waals surface area contributed by atoms with E-state index in [4.69, 9.17) is 9.47 Å². The van der Waals surface area contributed by atoms with Crippen molar-refractivity contribution in [3.05, 3.63) is 59.7 Å². The third-order valence-corrected chi connectivity index (χ3v) is 5.81. The maximum Gasteiger partial charge on any atom is 0.260 e. The number of benzene rings is 2. The molecule has 3 rings (SSSR count). The Kier molecular flexibility index (Phi) is 8.49. The predicted octanol–water partition coefficient (Wildman–Crippen LogP) is 2.86. The summed E-state index contributed by atoms with van der Waals surface area (Å²) in [7, 11) is 0. The van der Waals surface area contributed by atoms with Crippen LogP contribution in [0.15, 0.2) is 58.5 Å². The van der Waals surface area contributed by atoms with Crippen LogP contribution in [-0.4, -0.2) is 61.1 Å². The minimum absolute atomic E-state index is 0.0000310. The fourth-order valence-corrected chi connectivity index (χ4v) is 3.70. The zero-order valence-electron chi connectivity index (χ0n) is 17.7. The Morgan fingerprint density at radius 2 is 1.84 bits per heavy atom. The number of hydrazone groups is 1. The molecule has 2 aromatic rings. The molecule has 2 aromatic carbocycles. The first-order chi connectivity index (χ1) is 15.0. The molecule has 164 valence electrons. The van der Waals surface area contributed by atoms with Gasteiger partial charge in [0.15, 0.2) is 6.61 Å². The molecule has 1 aliphatic heterocycles. The van der Waals surface area contributed by atoms with E-state index in [2.05, 4.69) is 10.5 Å². The summed E-state index contributed by atoms with van der Waals surface area (Å²) >= 11 is 1.49. The number of ether oxygens (including phenoxy) is 2. The van der Waals surface area contributed by atoms with Crippen LogP contribution in [0.1, 0.15) is 18.1 Å². The average molecular weight is 442 g/mol. The lowest BCUT2D eigenvalue weighted by Gasteiger charge is -2.26. The molecule has 1 N–H and O–H groups in total. The Labute approximate surface area is 186 Å². The maximum absolute atomic E-state index is 12.2.